The highest BCUT2D eigenvalue weighted by Crippen LogP contribution is 2.19. The third-order valence-corrected chi connectivity index (χ3v) is 2.69. The minimum atomic E-state index is 0.0889. The molecule has 0 radical (unpaired) electrons. The minimum Gasteiger partial charge on any atom is -0.391 e. The van der Waals surface area contributed by atoms with E-state index in [4.69, 9.17) is 5.11 Å². The van der Waals surface area contributed by atoms with Crippen molar-refractivity contribution in [3.63, 3.8) is 0 Å². The molecule has 0 saturated heterocycles. The molecule has 0 aromatic carbocycles. The van der Waals surface area contributed by atoms with Crippen molar-refractivity contribution in [2.75, 3.05) is 0 Å². The maximum Gasteiger partial charge on any atom is 0.195 e. The van der Waals surface area contributed by atoms with Crippen molar-refractivity contribution in [3.05, 3.63) is 21.9 Å². The number of fused-ring (bicyclic) bond motifs is 1. The van der Waals surface area contributed by atoms with E-state index >= 15 is 0 Å². The zero-order chi connectivity index (χ0) is 7.84. The van der Waals surface area contributed by atoms with Crippen LogP contribution < -0.4 is 0 Å². The first kappa shape index (κ1) is 7.27. The molecule has 2 heterocycles. The molecule has 0 fully saturated rings. The van der Waals surface area contributed by atoms with E-state index < -0.39 is 0 Å². The number of thiazole rings is 1. The SMILES string of the molecule is OCc1cn2cc(Br)nc2s1. The maximum atomic E-state index is 8.78. The van der Waals surface area contributed by atoms with Gasteiger partial charge < -0.3 is 5.11 Å². The molecule has 0 bridgehead atoms. The number of nitrogens with zero attached hydrogens (tertiary/aromatic N) is 2. The third-order valence-electron chi connectivity index (χ3n) is 1.33. The summed E-state index contributed by atoms with van der Waals surface area (Å²) in [5.41, 5.74) is 0. The van der Waals surface area contributed by atoms with Gasteiger partial charge in [-0.3, -0.25) is 4.40 Å². The molecule has 3 nitrogen and oxygen atoms in total. The number of halogens is 1. The first-order valence-corrected chi connectivity index (χ1v) is 4.64. The lowest BCUT2D eigenvalue weighted by Gasteiger charge is -1.80. The molecule has 1 N–H and O–H groups in total. The molecule has 0 saturated carbocycles. The van der Waals surface area contributed by atoms with Gasteiger partial charge in [0, 0.05) is 12.4 Å². The number of hydrogen-bond acceptors (Lipinski definition) is 3. The van der Waals surface area contributed by atoms with Crippen LogP contribution in [0, 0.1) is 0 Å². The Hall–Kier alpha value is -0.390. The van der Waals surface area contributed by atoms with Crippen LogP contribution in [0.5, 0.6) is 0 Å². The van der Waals surface area contributed by atoms with E-state index in [1.165, 1.54) is 11.3 Å². The Kier molecular flexibility index (Phi) is 1.71. The predicted octanol–water partition coefficient (Wildman–Crippen LogP) is 1.65. The summed E-state index contributed by atoms with van der Waals surface area (Å²) >= 11 is 4.75. The molecule has 0 aliphatic heterocycles. The van der Waals surface area contributed by atoms with Crippen LogP contribution in [-0.4, -0.2) is 14.5 Å². The lowest BCUT2D eigenvalue weighted by atomic mass is 10.6. The average molecular weight is 233 g/mol. The van der Waals surface area contributed by atoms with Crippen molar-refractivity contribution in [2.24, 2.45) is 0 Å². The normalized spacial score (nSPS) is 11.1. The van der Waals surface area contributed by atoms with E-state index in [0.717, 1.165) is 14.4 Å². The maximum absolute atomic E-state index is 8.78. The number of aliphatic hydroxyl groups is 1. The van der Waals surface area contributed by atoms with Gasteiger partial charge in [0.05, 0.1) is 11.5 Å². The Morgan fingerprint density at radius 2 is 2.45 bits per heavy atom. The van der Waals surface area contributed by atoms with Crippen molar-refractivity contribution in [2.45, 2.75) is 6.61 Å². The fourth-order valence-electron chi connectivity index (χ4n) is 0.888. The van der Waals surface area contributed by atoms with Crippen LogP contribution in [0.25, 0.3) is 4.96 Å². The standard InChI is InChI=1S/C6H5BrN2OS/c7-5-2-9-1-4(3-10)11-6(9)8-5/h1-2,10H,3H2. The second-order valence-electron chi connectivity index (χ2n) is 2.11. The zero-order valence-electron chi connectivity index (χ0n) is 5.49. The molecular formula is C6H5BrN2OS. The molecule has 0 aliphatic rings. The molecule has 2 rings (SSSR count). The Labute approximate surface area is 75.4 Å². The highest BCUT2D eigenvalue weighted by atomic mass is 79.9. The molecule has 0 spiro atoms. The van der Waals surface area contributed by atoms with Crippen molar-refractivity contribution in [1.82, 2.24) is 9.38 Å². The highest BCUT2D eigenvalue weighted by molar-refractivity contribution is 9.10. The molecule has 0 unspecified atom stereocenters. The highest BCUT2D eigenvalue weighted by Gasteiger charge is 2.02. The van der Waals surface area contributed by atoms with Crippen molar-refractivity contribution in [3.8, 4) is 0 Å². The van der Waals surface area contributed by atoms with E-state index in [1.807, 2.05) is 16.8 Å². The van der Waals surface area contributed by atoms with Gasteiger partial charge in [-0.1, -0.05) is 11.3 Å². The Morgan fingerprint density at radius 3 is 3.09 bits per heavy atom. The number of aliphatic hydroxyl groups excluding tert-OH is 1. The summed E-state index contributed by atoms with van der Waals surface area (Å²) in [6.45, 7) is 0.0889. The van der Waals surface area contributed by atoms with Gasteiger partial charge in [0.2, 0.25) is 0 Å². The van der Waals surface area contributed by atoms with Gasteiger partial charge in [-0.2, -0.15) is 0 Å². The monoisotopic (exact) mass is 232 g/mol. The summed E-state index contributed by atoms with van der Waals surface area (Å²) in [5, 5.41) is 8.78. The summed E-state index contributed by atoms with van der Waals surface area (Å²) in [6, 6.07) is 0. The van der Waals surface area contributed by atoms with E-state index in [-0.39, 0.29) is 6.61 Å². The van der Waals surface area contributed by atoms with Crippen LogP contribution in [-0.2, 0) is 6.61 Å². The van der Waals surface area contributed by atoms with Crippen LogP contribution in [0.3, 0.4) is 0 Å². The van der Waals surface area contributed by atoms with E-state index in [1.54, 1.807) is 0 Å². The molecule has 0 amide bonds. The Morgan fingerprint density at radius 1 is 1.64 bits per heavy atom. The predicted molar refractivity (Wildman–Crippen MR) is 46.7 cm³/mol. The Balaban J connectivity index is 2.64. The summed E-state index contributed by atoms with van der Waals surface area (Å²) in [5.74, 6) is 0. The average Bonchev–Trinajstić information content (AvgIpc) is 2.43. The number of imidazole rings is 1. The second-order valence-corrected chi connectivity index (χ2v) is 4.02. The smallest absolute Gasteiger partial charge is 0.195 e. The summed E-state index contributed by atoms with van der Waals surface area (Å²) in [7, 11) is 0. The quantitative estimate of drug-likeness (QED) is 0.813. The molecular weight excluding hydrogens is 228 g/mol. The van der Waals surface area contributed by atoms with E-state index in [9.17, 15) is 0 Å². The van der Waals surface area contributed by atoms with Gasteiger partial charge in [0.1, 0.15) is 4.60 Å². The topological polar surface area (TPSA) is 37.5 Å². The second kappa shape index (κ2) is 2.58. The van der Waals surface area contributed by atoms with Gasteiger partial charge in [-0.15, -0.1) is 0 Å². The largest absolute Gasteiger partial charge is 0.391 e. The molecule has 2 aromatic rings. The lowest BCUT2D eigenvalue weighted by Crippen LogP contribution is -1.74. The van der Waals surface area contributed by atoms with Gasteiger partial charge in [-0.05, 0) is 15.9 Å². The Bertz CT molecular complexity index is 349. The fourth-order valence-corrected chi connectivity index (χ4v) is 2.21. The van der Waals surface area contributed by atoms with Crippen LogP contribution in [0.4, 0.5) is 0 Å². The molecule has 0 aliphatic carbocycles. The molecule has 11 heavy (non-hydrogen) atoms. The van der Waals surface area contributed by atoms with E-state index in [0.29, 0.717) is 0 Å². The van der Waals surface area contributed by atoms with Gasteiger partial charge in [0.25, 0.3) is 0 Å². The molecule has 2 aromatic heterocycles. The number of hydrogen-bond donors (Lipinski definition) is 1. The fraction of sp³-hybridized carbons (Fsp3) is 0.167. The van der Waals surface area contributed by atoms with Crippen LogP contribution in [0.1, 0.15) is 4.88 Å². The first-order valence-electron chi connectivity index (χ1n) is 3.03. The van der Waals surface area contributed by atoms with Crippen molar-refractivity contribution < 1.29 is 5.11 Å². The van der Waals surface area contributed by atoms with E-state index in [2.05, 4.69) is 20.9 Å². The van der Waals surface area contributed by atoms with Gasteiger partial charge in [-0.25, -0.2) is 4.98 Å². The van der Waals surface area contributed by atoms with Gasteiger partial charge in [0.15, 0.2) is 4.96 Å². The molecule has 5 heteroatoms. The summed E-state index contributed by atoms with van der Waals surface area (Å²) in [4.78, 5) is 6.00. The molecule has 58 valence electrons. The van der Waals surface area contributed by atoms with Gasteiger partial charge >= 0.3 is 0 Å². The van der Waals surface area contributed by atoms with Crippen LogP contribution in [0.15, 0.2) is 17.0 Å². The summed E-state index contributed by atoms with van der Waals surface area (Å²) in [6.07, 6.45) is 3.74. The number of rotatable bonds is 1. The third kappa shape index (κ3) is 1.19. The van der Waals surface area contributed by atoms with Crippen molar-refractivity contribution >= 4 is 32.2 Å². The van der Waals surface area contributed by atoms with Crippen molar-refractivity contribution in [1.29, 1.82) is 0 Å². The first-order chi connectivity index (χ1) is 5.29. The summed E-state index contributed by atoms with van der Waals surface area (Å²) < 4.78 is 2.72. The molecule has 0 atom stereocenters. The van der Waals surface area contributed by atoms with Crippen LogP contribution >= 0.6 is 27.3 Å². The lowest BCUT2D eigenvalue weighted by molar-refractivity contribution is 0.285. The minimum absolute atomic E-state index is 0.0889. The zero-order valence-corrected chi connectivity index (χ0v) is 7.89. The van der Waals surface area contributed by atoms with Crippen LogP contribution in [0.2, 0.25) is 0 Å². The number of aromatic nitrogens is 2.